The number of hydrogen-bond donors (Lipinski definition) is 2. The molecule has 136 valence electrons. The van der Waals surface area contributed by atoms with E-state index in [1.165, 1.54) is 6.07 Å². The van der Waals surface area contributed by atoms with Crippen LogP contribution in [-0.2, 0) is 9.53 Å². The van der Waals surface area contributed by atoms with Gasteiger partial charge in [0.25, 0.3) is 5.91 Å². The van der Waals surface area contributed by atoms with Gasteiger partial charge in [-0.3, -0.25) is 9.59 Å². The molecule has 1 aliphatic rings. The van der Waals surface area contributed by atoms with E-state index in [4.69, 9.17) is 4.74 Å². The smallest absolute Gasteiger partial charge is 0.340 e. The van der Waals surface area contributed by atoms with Crippen LogP contribution in [0.15, 0.2) is 65.5 Å². The van der Waals surface area contributed by atoms with Gasteiger partial charge in [0.15, 0.2) is 0 Å². The van der Waals surface area contributed by atoms with Gasteiger partial charge in [0.1, 0.15) is 0 Å². The van der Waals surface area contributed by atoms with E-state index in [2.05, 4.69) is 10.3 Å². The van der Waals surface area contributed by atoms with Gasteiger partial charge in [0.05, 0.1) is 5.56 Å². The standard InChI is InChI=1S/C21H18N2O4/c24-18-12-16(15-8-4-5-9-17(15)23-18)21(26)27-19(13-6-2-1-3-7-13)20(25)22-14-10-11-14/h1-9,12,14,19H,10-11H2,(H,22,25)(H,23,24). The Hall–Kier alpha value is -3.41. The molecule has 1 unspecified atom stereocenters. The maximum atomic E-state index is 12.8. The Morgan fingerprint density at radius 3 is 2.48 bits per heavy atom. The number of aromatic nitrogens is 1. The zero-order chi connectivity index (χ0) is 18.8. The maximum Gasteiger partial charge on any atom is 0.340 e. The summed E-state index contributed by atoms with van der Waals surface area (Å²) in [6.45, 7) is 0. The van der Waals surface area contributed by atoms with Gasteiger partial charge in [0.2, 0.25) is 11.7 Å². The molecule has 1 atom stereocenters. The van der Waals surface area contributed by atoms with Gasteiger partial charge < -0.3 is 15.0 Å². The van der Waals surface area contributed by atoms with Crippen LogP contribution >= 0.6 is 0 Å². The van der Waals surface area contributed by atoms with Crippen molar-refractivity contribution in [3.8, 4) is 0 Å². The first-order valence-corrected chi connectivity index (χ1v) is 8.80. The predicted octanol–water partition coefficient (Wildman–Crippen LogP) is 2.70. The molecule has 1 fully saturated rings. The Morgan fingerprint density at radius 1 is 1.04 bits per heavy atom. The Balaban J connectivity index is 1.68. The number of aromatic amines is 1. The van der Waals surface area contributed by atoms with Gasteiger partial charge in [0, 0.05) is 28.6 Å². The van der Waals surface area contributed by atoms with E-state index in [9.17, 15) is 14.4 Å². The van der Waals surface area contributed by atoms with Crippen LogP contribution in [0.1, 0.15) is 34.9 Å². The van der Waals surface area contributed by atoms with Gasteiger partial charge in [-0.05, 0) is 18.9 Å². The lowest BCUT2D eigenvalue weighted by Crippen LogP contribution is -2.33. The Bertz CT molecular complexity index is 1050. The molecule has 1 amide bonds. The molecule has 27 heavy (non-hydrogen) atoms. The van der Waals surface area contributed by atoms with Crippen LogP contribution in [0.4, 0.5) is 0 Å². The number of carbonyl (C=O) groups excluding carboxylic acids is 2. The molecule has 3 aromatic rings. The fourth-order valence-electron chi connectivity index (χ4n) is 2.95. The molecule has 6 heteroatoms. The highest BCUT2D eigenvalue weighted by Gasteiger charge is 2.31. The van der Waals surface area contributed by atoms with Crippen molar-refractivity contribution in [2.24, 2.45) is 0 Å². The molecule has 2 aromatic carbocycles. The molecule has 1 heterocycles. The Labute approximate surface area is 155 Å². The van der Waals surface area contributed by atoms with E-state index in [1.54, 1.807) is 48.5 Å². The molecular formula is C21H18N2O4. The summed E-state index contributed by atoms with van der Waals surface area (Å²) < 4.78 is 5.57. The van der Waals surface area contributed by atoms with Crippen molar-refractivity contribution in [1.29, 1.82) is 0 Å². The van der Waals surface area contributed by atoms with E-state index in [0.29, 0.717) is 16.5 Å². The third-order valence-electron chi connectivity index (χ3n) is 4.46. The fourth-order valence-corrected chi connectivity index (χ4v) is 2.95. The minimum Gasteiger partial charge on any atom is -0.444 e. The summed E-state index contributed by atoms with van der Waals surface area (Å²) in [7, 11) is 0. The molecule has 4 rings (SSSR count). The zero-order valence-electron chi connectivity index (χ0n) is 14.5. The minimum atomic E-state index is -1.07. The fraction of sp³-hybridized carbons (Fsp3) is 0.190. The number of benzene rings is 2. The van der Waals surface area contributed by atoms with Crippen molar-refractivity contribution >= 4 is 22.8 Å². The quantitative estimate of drug-likeness (QED) is 0.683. The highest BCUT2D eigenvalue weighted by molar-refractivity contribution is 6.04. The molecule has 0 saturated heterocycles. The van der Waals surface area contributed by atoms with Crippen LogP contribution in [0.25, 0.3) is 10.9 Å². The lowest BCUT2D eigenvalue weighted by Gasteiger charge is -2.18. The predicted molar refractivity (Wildman–Crippen MR) is 100 cm³/mol. The third-order valence-corrected chi connectivity index (χ3v) is 4.46. The second-order valence-electron chi connectivity index (χ2n) is 6.57. The molecule has 0 bridgehead atoms. The molecule has 6 nitrogen and oxygen atoms in total. The summed E-state index contributed by atoms with van der Waals surface area (Å²) in [4.78, 5) is 40.1. The molecule has 1 aromatic heterocycles. The number of pyridine rings is 1. The molecule has 0 spiro atoms. The zero-order valence-corrected chi connectivity index (χ0v) is 14.5. The number of nitrogens with one attached hydrogen (secondary N) is 2. The molecule has 2 N–H and O–H groups in total. The number of H-pyrrole nitrogens is 1. The number of fused-ring (bicyclic) bond motifs is 1. The van der Waals surface area contributed by atoms with E-state index < -0.39 is 17.6 Å². The van der Waals surface area contributed by atoms with Gasteiger partial charge in [-0.1, -0.05) is 48.5 Å². The SMILES string of the molecule is O=C(OC(C(=O)NC1CC1)c1ccccc1)c1cc(=O)[nH]c2ccccc12. The van der Waals surface area contributed by atoms with Crippen LogP contribution in [0, 0.1) is 0 Å². The number of carbonyl (C=O) groups is 2. The lowest BCUT2D eigenvalue weighted by atomic mass is 10.1. The molecule has 0 radical (unpaired) electrons. The summed E-state index contributed by atoms with van der Waals surface area (Å²) in [6.07, 6.45) is 0.789. The average Bonchev–Trinajstić information content (AvgIpc) is 3.49. The summed E-state index contributed by atoms with van der Waals surface area (Å²) in [6, 6.07) is 17.2. The number of esters is 1. The van der Waals surface area contributed by atoms with Gasteiger partial charge >= 0.3 is 5.97 Å². The van der Waals surface area contributed by atoms with Gasteiger partial charge in [-0.2, -0.15) is 0 Å². The van der Waals surface area contributed by atoms with Crippen LogP contribution in [0.2, 0.25) is 0 Å². The first-order chi connectivity index (χ1) is 13.1. The topological polar surface area (TPSA) is 88.3 Å². The van der Waals surface area contributed by atoms with Gasteiger partial charge in [-0.15, -0.1) is 0 Å². The highest BCUT2D eigenvalue weighted by Crippen LogP contribution is 2.25. The number of hydrogen-bond acceptors (Lipinski definition) is 4. The van der Waals surface area contributed by atoms with Crippen molar-refractivity contribution in [3.63, 3.8) is 0 Å². The molecule has 1 aliphatic carbocycles. The first-order valence-electron chi connectivity index (χ1n) is 8.80. The normalized spacial score (nSPS) is 14.5. The van der Waals surface area contributed by atoms with Crippen LogP contribution in [-0.4, -0.2) is 22.9 Å². The molecule has 1 saturated carbocycles. The van der Waals surface area contributed by atoms with Crippen molar-refractivity contribution in [2.75, 3.05) is 0 Å². The van der Waals surface area contributed by atoms with Gasteiger partial charge in [-0.25, -0.2) is 4.79 Å². The summed E-state index contributed by atoms with van der Waals surface area (Å²) in [5.74, 6) is -1.07. The van der Waals surface area contributed by atoms with Crippen molar-refractivity contribution < 1.29 is 14.3 Å². The monoisotopic (exact) mass is 362 g/mol. The molecule has 0 aliphatic heterocycles. The van der Waals surface area contributed by atoms with Crippen LogP contribution in [0.3, 0.4) is 0 Å². The largest absolute Gasteiger partial charge is 0.444 e. The van der Waals surface area contributed by atoms with E-state index in [0.717, 1.165) is 12.8 Å². The first kappa shape index (κ1) is 17.0. The lowest BCUT2D eigenvalue weighted by molar-refractivity contribution is -0.130. The minimum absolute atomic E-state index is 0.134. The summed E-state index contributed by atoms with van der Waals surface area (Å²) in [5, 5.41) is 3.44. The second kappa shape index (κ2) is 7.07. The number of para-hydroxylation sites is 1. The van der Waals surface area contributed by atoms with Crippen molar-refractivity contribution in [1.82, 2.24) is 10.3 Å². The Kier molecular flexibility index (Phi) is 4.46. The van der Waals surface area contributed by atoms with Crippen molar-refractivity contribution in [2.45, 2.75) is 25.0 Å². The summed E-state index contributed by atoms with van der Waals surface area (Å²) >= 11 is 0. The maximum absolute atomic E-state index is 12.8. The summed E-state index contributed by atoms with van der Waals surface area (Å²) in [5.41, 5.74) is 0.850. The van der Waals surface area contributed by atoms with E-state index >= 15 is 0 Å². The number of ether oxygens (including phenoxy) is 1. The van der Waals surface area contributed by atoms with Crippen molar-refractivity contribution in [3.05, 3.63) is 82.1 Å². The second-order valence-corrected chi connectivity index (χ2v) is 6.57. The molecular weight excluding hydrogens is 344 g/mol. The van der Waals surface area contributed by atoms with E-state index in [-0.39, 0.29) is 17.5 Å². The van der Waals surface area contributed by atoms with Crippen LogP contribution < -0.4 is 10.9 Å². The van der Waals surface area contributed by atoms with E-state index in [1.807, 2.05) is 6.07 Å². The third kappa shape index (κ3) is 3.74. The Morgan fingerprint density at radius 2 is 1.74 bits per heavy atom. The number of rotatable bonds is 5. The average molecular weight is 362 g/mol. The highest BCUT2D eigenvalue weighted by atomic mass is 16.5. The van der Waals surface area contributed by atoms with Crippen LogP contribution in [0.5, 0.6) is 0 Å². The number of amides is 1.